The minimum absolute atomic E-state index is 0.156. The molecular formula is C16H18N2O3S2. The molecular weight excluding hydrogens is 332 g/mol. The second kappa shape index (κ2) is 7.54. The Balaban J connectivity index is 2.29. The van der Waals surface area contributed by atoms with Gasteiger partial charge in [-0.05, 0) is 35.7 Å². The second-order valence-electron chi connectivity index (χ2n) is 4.77. The van der Waals surface area contributed by atoms with Crippen molar-refractivity contribution >= 4 is 27.3 Å². The number of hydrogen-bond donors (Lipinski definition) is 1. The van der Waals surface area contributed by atoms with Gasteiger partial charge in [-0.3, -0.25) is 4.79 Å². The van der Waals surface area contributed by atoms with Crippen LogP contribution in [0.1, 0.15) is 15.2 Å². The van der Waals surface area contributed by atoms with E-state index in [-0.39, 0.29) is 17.3 Å². The summed E-state index contributed by atoms with van der Waals surface area (Å²) in [5.74, 6) is -0.254. The predicted octanol–water partition coefficient (Wildman–Crippen LogP) is 2.48. The molecule has 0 fully saturated rings. The number of sulfonamides is 1. The molecule has 0 bridgehead atoms. The first-order valence-corrected chi connectivity index (χ1v) is 9.26. The van der Waals surface area contributed by atoms with Crippen LogP contribution in [0.2, 0.25) is 0 Å². The zero-order valence-corrected chi connectivity index (χ0v) is 14.4. The molecule has 0 aliphatic carbocycles. The molecule has 5 nitrogen and oxygen atoms in total. The summed E-state index contributed by atoms with van der Waals surface area (Å²) in [6.45, 7) is 4.14. The molecule has 0 saturated carbocycles. The number of hydrogen-bond acceptors (Lipinski definition) is 4. The maximum Gasteiger partial charge on any atom is 0.251 e. The molecule has 1 N–H and O–H groups in total. The SMILES string of the molecule is C=CCN(Cc1cccs1)S(=O)(=O)c1ccc(C(=O)NC)cc1. The fourth-order valence-corrected chi connectivity index (χ4v) is 4.23. The molecule has 0 unspecified atom stereocenters. The first kappa shape index (κ1) is 17.4. The fraction of sp³-hybridized carbons (Fsp3) is 0.188. The molecule has 2 rings (SSSR count). The van der Waals surface area contributed by atoms with Gasteiger partial charge in [-0.1, -0.05) is 12.1 Å². The number of nitrogens with zero attached hydrogens (tertiary/aromatic N) is 1. The van der Waals surface area contributed by atoms with E-state index in [0.717, 1.165) is 4.88 Å². The van der Waals surface area contributed by atoms with Gasteiger partial charge in [-0.2, -0.15) is 4.31 Å². The molecule has 7 heteroatoms. The van der Waals surface area contributed by atoms with Gasteiger partial charge >= 0.3 is 0 Å². The van der Waals surface area contributed by atoms with E-state index in [1.54, 1.807) is 6.08 Å². The average Bonchev–Trinajstić information content (AvgIpc) is 3.07. The molecule has 1 aromatic heterocycles. The number of nitrogens with one attached hydrogen (secondary N) is 1. The van der Waals surface area contributed by atoms with Crippen molar-refractivity contribution < 1.29 is 13.2 Å². The maximum absolute atomic E-state index is 12.8. The van der Waals surface area contributed by atoms with Gasteiger partial charge in [0.25, 0.3) is 5.91 Å². The number of thiophene rings is 1. The Kier molecular flexibility index (Phi) is 5.70. The van der Waals surface area contributed by atoms with Gasteiger partial charge in [0.15, 0.2) is 0 Å². The Morgan fingerprint density at radius 2 is 2.00 bits per heavy atom. The summed E-state index contributed by atoms with van der Waals surface area (Å²) in [6, 6.07) is 9.68. The van der Waals surface area contributed by atoms with Gasteiger partial charge in [0, 0.05) is 30.6 Å². The van der Waals surface area contributed by atoms with Crippen molar-refractivity contribution in [2.75, 3.05) is 13.6 Å². The first-order chi connectivity index (χ1) is 11.0. The highest BCUT2D eigenvalue weighted by molar-refractivity contribution is 7.89. The van der Waals surface area contributed by atoms with Gasteiger partial charge < -0.3 is 5.32 Å². The topological polar surface area (TPSA) is 66.5 Å². The smallest absolute Gasteiger partial charge is 0.251 e. The highest BCUT2D eigenvalue weighted by atomic mass is 32.2. The van der Waals surface area contributed by atoms with Crippen LogP contribution < -0.4 is 5.32 Å². The normalized spacial score (nSPS) is 11.4. The van der Waals surface area contributed by atoms with E-state index in [1.165, 1.54) is 47.0 Å². The van der Waals surface area contributed by atoms with Crippen LogP contribution >= 0.6 is 11.3 Å². The molecule has 122 valence electrons. The maximum atomic E-state index is 12.8. The van der Waals surface area contributed by atoms with Crippen LogP contribution in [0, 0.1) is 0 Å². The average molecular weight is 350 g/mol. The molecule has 1 aromatic carbocycles. The molecule has 23 heavy (non-hydrogen) atoms. The highest BCUT2D eigenvalue weighted by Gasteiger charge is 2.24. The minimum atomic E-state index is -3.65. The van der Waals surface area contributed by atoms with Crippen LogP contribution in [-0.4, -0.2) is 32.2 Å². The number of amides is 1. The van der Waals surface area contributed by atoms with Crippen LogP contribution in [0.3, 0.4) is 0 Å². The summed E-state index contributed by atoms with van der Waals surface area (Å²) >= 11 is 1.50. The molecule has 0 atom stereocenters. The van der Waals surface area contributed by atoms with E-state index in [0.29, 0.717) is 12.1 Å². The summed E-state index contributed by atoms with van der Waals surface area (Å²) in [4.78, 5) is 12.7. The molecule has 2 aromatic rings. The summed E-state index contributed by atoms with van der Waals surface area (Å²) in [6.07, 6.45) is 1.56. The molecule has 0 aliphatic heterocycles. The summed E-state index contributed by atoms with van der Waals surface area (Å²) in [5, 5.41) is 4.41. The lowest BCUT2D eigenvalue weighted by Gasteiger charge is -2.20. The Hall–Kier alpha value is -1.96. The van der Waals surface area contributed by atoms with E-state index < -0.39 is 10.0 Å². The summed E-state index contributed by atoms with van der Waals surface area (Å²) in [5.41, 5.74) is 0.417. The summed E-state index contributed by atoms with van der Waals surface area (Å²) in [7, 11) is -2.12. The third-order valence-corrected chi connectivity index (χ3v) is 5.91. The van der Waals surface area contributed by atoms with Crippen molar-refractivity contribution in [3.05, 3.63) is 64.9 Å². The van der Waals surface area contributed by atoms with E-state index in [4.69, 9.17) is 0 Å². The first-order valence-electron chi connectivity index (χ1n) is 6.94. The Labute approximate surface area is 140 Å². The van der Waals surface area contributed by atoms with Crippen LogP contribution in [0.5, 0.6) is 0 Å². The lowest BCUT2D eigenvalue weighted by Crippen LogP contribution is -2.30. The predicted molar refractivity (Wildman–Crippen MR) is 91.9 cm³/mol. The third-order valence-electron chi connectivity index (χ3n) is 3.23. The van der Waals surface area contributed by atoms with Crippen LogP contribution in [0.15, 0.2) is 59.3 Å². The van der Waals surface area contributed by atoms with Crippen molar-refractivity contribution in [2.45, 2.75) is 11.4 Å². The van der Waals surface area contributed by atoms with Crippen molar-refractivity contribution in [2.24, 2.45) is 0 Å². The zero-order chi connectivity index (χ0) is 16.9. The van der Waals surface area contributed by atoms with E-state index >= 15 is 0 Å². The minimum Gasteiger partial charge on any atom is -0.355 e. The molecule has 0 spiro atoms. The third kappa shape index (κ3) is 4.07. The van der Waals surface area contributed by atoms with Gasteiger partial charge in [-0.15, -0.1) is 17.9 Å². The lowest BCUT2D eigenvalue weighted by molar-refractivity contribution is 0.0963. The van der Waals surface area contributed by atoms with Crippen molar-refractivity contribution in [3.8, 4) is 0 Å². The van der Waals surface area contributed by atoms with Crippen LogP contribution in [0.4, 0.5) is 0 Å². The Bertz CT molecular complexity index is 766. The van der Waals surface area contributed by atoms with E-state index in [1.807, 2.05) is 17.5 Å². The van der Waals surface area contributed by atoms with Crippen molar-refractivity contribution in [1.82, 2.24) is 9.62 Å². The van der Waals surface area contributed by atoms with Crippen LogP contribution in [0.25, 0.3) is 0 Å². The highest BCUT2D eigenvalue weighted by Crippen LogP contribution is 2.21. The fourth-order valence-electron chi connectivity index (χ4n) is 2.04. The molecule has 1 amide bonds. The molecule has 1 heterocycles. The number of carbonyl (C=O) groups is 1. The zero-order valence-electron chi connectivity index (χ0n) is 12.7. The number of benzene rings is 1. The molecule has 0 radical (unpaired) electrons. The Morgan fingerprint density at radius 3 is 2.52 bits per heavy atom. The van der Waals surface area contributed by atoms with Gasteiger partial charge in [0.2, 0.25) is 10.0 Å². The van der Waals surface area contributed by atoms with Crippen molar-refractivity contribution in [1.29, 1.82) is 0 Å². The summed E-state index contributed by atoms with van der Waals surface area (Å²) < 4.78 is 26.9. The standard InChI is InChI=1S/C16H18N2O3S2/c1-3-10-18(12-14-5-4-11-22-14)23(20,21)15-8-6-13(7-9-15)16(19)17-2/h3-9,11H,1,10,12H2,2H3,(H,17,19). The van der Waals surface area contributed by atoms with Gasteiger partial charge in [-0.25, -0.2) is 8.42 Å². The Morgan fingerprint density at radius 1 is 1.30 bits per heavy atom. The second-order valence-corrected chi connectivity index (χ2v) is 7.74. The van der Waals surface area contributed by atoms with Crippen molar-refractivity contribution in [3.63, 3.8) is 0 Å². The van der Waals surface area contributed by atoms with Crippen LogP contribution in [-0.2, 0) is 16.6 Å². The van der Waals surface area contributed by atoms with E-state index in [2.05, 4.69) is 11.9 Å². The van der Waals surface area contributed by atoms with E-state index in [9.17, 15) is 13.2 Å². The van der Waals surface area contributed by atoms with Gasteiger partial charge in [0.05, 0.1) is 4.90 Å². The quantitative estimate of drug-likeness (QED) is 0.780. The molecule has 0 saturated heterocycles. The van der Waals surface area contributed by atoms with Gasteiger partial charge in [0.1, 0.15) is 0 Å². The monoisotopic (exact) mass is 350 g/mol. The lowest BCUT2D eigenvalue weighted by atomic mass is 10.2. The molecule has 0 aliphatic rings. The largest absolute Gasteiger partial charge is 0.355 e. The number of carbonyl (C=O) groups excluding carboxylic acids is 1. The number of rotatable bonds is 7.